The molecule has 5 nitrogen and oxygen atoms in total. The molecule has 5 rings (SSSR count). The Morgan fingerprint density at radius 3 is 2.81 bits per heavy atom. The van der Waals surface area contributed by atoms with Crippen LogP contribution in [-0.2, 0) is 6.54 Å². The van der Waals surface area contributed by atoms with Gasteiger partial charge in [0.25, 0.3) is 5.56 Å². The summed E-state index contributed by atoms with van der Waals surface area (Å²) in [6, 6.07) is 18.0. The van der Waals surface area contributed by atoms with Crippen molar-refractivity contribution in [1.82, 2.24) is 14.5 Å². The number of likely N-dealkylation sites (tertiary alicyclic amines) is 1. The van der Waals surface area contributed by atoms with Gasteiger partial charge in [0.2, 0.25) is 0 Å². The number of ether oxygens (including phenoxy) is 1. The summed E-state index contributed by atoms with van der Waals surface area (Å²) in [5.41, 5.74) is 2.74. The van der Waals surface area contributed by atoms with Gasteiger partial charge in [0.15, 0.2) is 0 Å². The topological polar surface area (TPSA) is 47.4 Å². The van der Waals surface area contributed by atoms with E-state index in [0.717, 1.165) is 33.8 Å². The molecule has 7 heteroatoms. The zero-order valence-electron chi connectivity index (χ0n) is 17.8. The first-order valence-corrected chi connectivity index (χ1v) is 11.9. The number of thiophene rings is 1. The molecule has 4 aromatic rings. The number of hydrogen-bond donors (Lipinski definition) is 0. The van der Waals surface area contributed by atoms with Gasteiger partial charge in [0, 0.05) is 15.9 Å². The Morgan fingerprint density at radius 1 is 1.19 bits per heavy atom. The average molecular weight is 466 g/mol. The van der Waals surface area contributed by atoms with E-state index in [1.54, 1.807) is 10.9 Å². The fraction of sp³-hybridized carbons (Fsp3) is 0.280. The van der Waals surface area contributed by atoms with Gasteiger partial charge in [-0.15, -0.1) is 11.3 Å². The van der Waals surface area contributed by atoms with E-state index in [9.17, 15) is 4.79 Å². The Balaban J connectivity index is 1.35. The molecule has 2 aromatic carbocycles. The zero-order chi connectivity index (χ0) is 22.1. The number of nitrogens with zero attached hydrogens (tertiary/aromatic N) is 3. The number of aromatic nitrogens is 2. The van der Waals surface area contributed by atoms with Crippen LogP contribution in [0.5, 0.6) is 5.75 Å². The fourth-order valence-corrected chi connectivity index (χ4v) is 5.32. The van der Waals surface area contributed by atoms with Crippen LogP contribution in [-0.4, -0.2) is 40.7 Å². The van der Waals surface area contributed by atoms with Crippen molar-refractivity contribution in [2.75, 3.05) is 20.2 Å². The highest BCUT2D eigenvalue weighted by atomic mass is 35.5. The molecule has 2 aromatic heterocycles. The summed E-state index contributed by atoms with van der Waals surface area (Å²) in [4.78, 5) is 21.0. The number of halogens is 1. The Kier molecular flexibility index (Phi) is 6.00. The van der Waals surface area contributed by atoms with E-state index >= 15 is 0 Å². The number of hydrogen-bond acceptors (Lipinski definition) is 5. The molecule has 1 saturated heterocycles. The maximum absolute atomic E-state index is 13.1. The molecule has 1 unspecified atom stereocenters. The van der Waals surface area contributed by atoms with Crippen molar-refractivity contribution in [3.63, 3.8) is 0 Å². The van der Waals surface area contributed by atoms with Crippen molar-refractivity contribution in [3.8, 4) is 16.2 Å². The van der Waals surface area contributed by atoms with Crippen LogP contribution in [0.3, 0.4) is 0 Å². The third kappa shape index (κ3) is 4.44. The normalized spacial score (nSPS) is 16.6. The second-order valence-corrected chi connectivity index (χ2v) is 9.73. The van der Waals surface area contributed by atoms with E-state index in [-0.39, 0.29) is 5.56 Å². The van der Waals surface area contributed by atoms with Crippen LogP contribution in [0.2, 0.25) is 5.02 Å². The summed E-state index contributed by atoms with van der Waals surface area (Å²) in [7, 11) is 2.15. The van der Waals surface area contributed by atoms with Gasteiger partial charge in [-0.1, -0.05) is 35.9 Å². The number of likely N-dealkylation sites (N-methyl/N-ethyl adjacent to an activating group) is 1. The average Bonchev–Trinajstić information content (AvgIpc) is 3.42. The molecule has 0 saturated carbocycles. The second-order valence-electron chi connectivity index (χ2n) is 8.24. The van der Waals surface area contributed by atoms with Crippen LogP contribution in [0.25, 0.3) is 20.7 Å². The molecule has 1 aliphatic heterocycles. The monoisotopic (exact) mass is 465 g/mol. The molecule has 0 spiro atoms. The highest BCUT2D eigenvalue weighted by molar-refractivity contribution is 7.22. The molecule has 32 heavy (non-hydrogen) atoms. The summed E-state index contributed by atoms with van der Waals surface area (Å²) in [6.07, 6.45) is 4.03. The summed E-state index contributed by atoms with van der Waals surface area (Å²) in [5.74, 6) is 0.839. The number of benzene rings is 2. The lowest BCUT2D eigenvalue weighted by Crippen LogP contribution is -2.30. The van der Waals surface area contributed by atoms with E-state index in [1.807, 2.05) is 54.6 Å². The summed E-state index contributed by atoms with van der Waals surface area (Å²) in [6.45, 7) is 2.28. The van der Waals surface area contributed by atoms with Gasteiger partial charge in [-0.05, 0) is 67.9 Å². The smallest absolute Gasteiger partial charge is 0.271 e. The first-order valence-electron chi connectivity index (χ1n) is 10.7. The predicted octanol–water partition coefficient (Wildman–Crippen LogP) is 5.30. The maximum Gasteiger partial charge on any atom is 0.271 e. The Hall–Kier alpha value is -2.67. The minimum absolute atomic E-state index is 0.0286. The van der Waals surface area contributed by atoms with Gasteiger partial charge in [0.1, 0.15) is 17.1 Å². The largest absolute Gasteiger partial charge is 0.492 e. The fourth-order valence-electron chi connectivity index (χ4n) is 4.13. The summed E-state index contributed by atoms with van der Waals surface area (Å²) >= 11 is 7.46. The van der Waals surface area contributed by atoms with E-state index in [0.29, 0.717) is 28.9 Å². The lowest BCUT2D eigenvalue weighted by molar-refractivity contribution is 0.198. The van der Waals surface area contributed by atoms with Crippen LogP contribution >= 0.6 is 22.9 Å². The van der Waals surface area contributed by atoms with Gasteiger partial charge in [-0.2, -0.15) is 0 Å². The summed E-state index contributed by atoms with van der Waals surface area (Å²) < 4.78 is 8.37. The molecule has 1 atom stereocenters. The van der Waals surface area contributed by atoms with Crippen molar-refractivity contribution >= 4 is 33.2 Å². The molecule has 1 fully saturated rings. The first-order chi connectivity index (χ1) is 15.6. The number of fused-ring (bicyclic) bond motifs is 1. The molecular formula is C25H24ClN3O2S. The van der Waals surface area contributed by atoms with E-state index in [4.69, 9.17) is 16.3 Å². The molecule has 0 radical (unpaired) electrons. The molecule has 164 valence electrons. The lowest BCUT2D eigenvalue weighted by atomic mass is 10.2. The Morgan fingerprint density at radius 2 is 2.03 bits per heavy atom. The van der Waals surface area contributed by atoms with Gasteiger partial charge in [0.05, 0.1) is 18.4 Å². The zero-order valence-corrected chi connectivity index (χ0v) is 19.4. The highest BCUT2D eigenvalue weighted by Crippen LogP contribution is 2.31. The van der Waals surface area contributed by atoms with Gasteiger partial charge >= 0.3 is 0 Å². The molecular weight excluding hydrogens is 442 g/mol. The highest BCUT2D eigenvalue weighted by Gasteiger charge is 2.21. The minimum Gasteiger partial charge on any atom is -0.492 e. The molecule has 3 heterocycles. The van der Waals surface area contributed by atoms with Crippen molar-refractivity contribution < 1.29 is 4.74 Å². The van der Waals surface area contributed by atoms with Gasteiger partial charge in [-0.25, -0.2) is 4.98 Å². The minimum atomic E-state index is -0.0286. The van der Waals surface area contributed by atoms with Crippen LogP contribution in [0.15, 0.2) is 65.7 Å². The molecule has 1 aliphatic rings. The van der Waals surface area contributed by atoms with Crippen LogP contribution in [0.4, 0.5) is 0 Å². The first kappa shape index (κ1) is 21.2. The van der Waals surface area contributed by atoms with Crippen molar-refractivity contribution in [3.05, 3.63) is 81.9 Å². The molecule has 0 bridgehead atoms. The van der Waals surface area contributed by atoms with Gasteiger partial charge < -0.3 is 9.64 Å². The molecule has 0 amide bonds. The third-order valence-electron chi connectivity index (χ3n) is 6.00. The van der Waals surface area contributed by atoms with E-state index < -0.39 is 0 Å². The van der Waals surface area contributed by atoms with E-state index in [2.05, 4.69) is 16.9 Å². The van der Waals surface area contributed by atoms with Crippen molar-refractivity contribution in [1.29, 1.82) is 0 Å². The third-order valence-corrected chi connectivity index (χ3v) is 7.41. The molecule has 0 N–H and O–H groups in total. The predicted molar refractivity (Wildman–Crippen MR) is 131 cm³/mol. The number of rotatable bonds is 6. The van der Waals surface area contributed by atoms with Crippen LogP contribution in [0, 0.1) is 0 Å². The van der Waals surface area contributed by atoms with Gasteiger partial charge in [-0.3, -0.25) is 9.36 Å². The summed E-state index contributed by atoms with van der Waals surface area (Å²) in [5, 5.41) is 0.691. The van der Waals surface area contributed by atoms with Crippen LogP contribution in [0.1, 0.15) is 18.4 Å². The second kappa shape index (κ2) is 9.06. The Bertz CT molecular complexity index is 1300. The molecule has 0 aliphatic carbocycles. The quantitative estimate of drug-likeness (QED) is 0.387. The lowest BCUT2D eigenvalue weighted by Gasteiger charge is -2.19. The standard InChI is InChI=1S/C25H24ClN3O2S/c1-28-11-3-5-20(28)15-31-21-6-2-4-17(12-21)14-29-16-27-22-13-23(32-24(22)25(29)30)18-7-9-19(26)10-8-18/h2,4,6-10,12-13,16,20H,3,5,11,14-15H2,1H3. The van der Waals surface area contributed by atoms with Crippen molar-refractivity contribution in [2.45, 2.75) is 25.4 Å². The van der Waals surface area contributed by atoms with Crippen molar-refractivity contribution in [2.24, 2.45) is 0 Å². The van der Waals surface area contributed by atoms with E-state index in [1.165, 1.54) is 24.2 Å². The van der Waals surface area contributed by atoms with Crippen LogP contribution < -0.4 is 10.3 Å². The SMILES string of the molecule is CN1CCCC1COc1cccc(Cn2cnc3cc(-c4ccc(Cl)cc4)sc3c2=O)c1. The Labute approximate surface area is 195 Å². The maximum atomic E-state index is 13.1.